The van der Waals surface area contributed by atoms with Crippen molar-refractivity contribution in [1.82, 2.24) is 5.32 Å². The minimum absolute atomic E-state index is 0.0349. The normalized spacial score (nSPS) is 13.9. The molecular weight excluding hydrogens is 226 g/mol. The predicted octanol–water partition coefficient (Wildman–Crippen LogP) is 2.88. The van der Waals surface area contributed by atoms with Gasteiger partial charge in [-0.1, -0.05) is 38.5 Å². The van der Waals surface area contributed by atoms with E-state index in [4.69, 9.17) is 0 Å². The fourth-order valence-corrected chi connectivity index (χ4v) is 1.99. The van der Waals surface area contributed by atoms with Gasteiger partial charge in [0.05, 0.1) is 6.42 Å². The number of carbonyl (C=O) groups excluding carboxylic acids is 1. The smallest absolute Gasteiger partial charge is 0.224 e. The molecule has 2 N–H and O–H groups in total. The average Bonchev–Trinajstić information content (AvgIpc) is 2.31. The van der Waals surface area contributed by atoms with Crippen LogP contribution in [-0.4, -0.2) is 17.1 Å². The second kappa shape index (κ2) is 7.04. The van der Waals surface area contributed by atoms with Crippen LogP contribution < -0.4 is 5.32 Å². The van der Waals surface area contributed by atoms with Gasteiger partial charge >= 0.3 is 0 Å². The second-order valence-electron chi connectivity index (χ2n) is 5.02. The minimum atomic E-state index is -0.0349. The molecule has 0 fully saturated rings. The van der Waals surface area contributed by atoms with Gasteiger partial charge in [0, 0.05) is 11.6 Å². The van der Waals surface area contributed by atoms with Crippen molar-refractivity contribution in [2.75, 3.05) is 0 Å². The quantitative estimate of drug-likeness (QED) is 0.814. The van der Waals surface area contributed by atoms with E-state index in [-0.39, 0.29) is 24.1 Å². The van der Waals surface area contributed by atoms with Gasteiger partial charge in [0.15, 0.2) is 0 Å². The molecule has 2 atom stereocenters. The van der Waals surface area contributed by atoms with Gasteiger partial charge in [-0.05, 0) is 25.3 Å². The Morgan fingerprint density at radius 3 is 2.61 bits per heavy atom. The highest BCUT2D eigenvalue weighted by atomic mass is 16.3. The van der Waals surface area contributed by atoms with Gasteiger partial charge in [0.2, 0.25) is 5.91 Å². The Hall–Kier alpha value is -1.51. The van der Waals surface area contributed by atoms with Crippen LogP contribution in [0.25, 0.3) is 0 Å². The van der Waals surface area contributed by atoms with Crippen molar-refractivity contribution in [1.29, 1.82) is 0 Å². The molecule has 3 nitrogen and oxygen atoms in total. The number of para-hydroxylation sites is 1. The van der Waals surface area contributed by atoms with Gasteiger partial charge in [-0.3, -0.25) is 4.79 Å². The molecule has 1 aromatic rings. The van der Waals surface area contributed by atoms with Gasteiger partial charge in [0.1, 0.15) is 5.75 Å². The first-order chi connectivity index (χ1) is 8.52. The molecule has 0 aliphatic heterocycles. The van der Waals surface area contributed by atoms with Crippen molar-refractivity contribution in [3.05, 3.63) is 29.8 Å². The highest BCUT2D eigenvalue weighted by molar-refractivity contribution is 5.79. The number of amides is 1. The summed E-state index contributed by atoms with van der Waals surface area (Å²) in [5.74, 6) is 0.764. The Bertz CT molecular complexity index is 390. The van der Waals surface area contributed by atoms with Crippen LogP contribution in [0.15, 0.2) is 24.3 Å². The third kappa shape index (κ3) is 4.78. The highest BCUT2D eigenvalue weighted by Gasteiger charge is 2.12. The fraction of sp³-hybridized carbons (Fsp3) is 0.533. The molecule has 0 aromatic heterocycles. The highest BCUT2D eigenvalue weighted by Crippen LogP contribution is 2.16. The maximum Gasteiger partial charge on any atom is 0.224 e. The molecule has 0 bridgehead atoms. The van der Waals surface area contributed by atoms with E-state index in [1.165, 1.54) is 0 Å². The third-order valence-electron chi connectivity index (χ3n) is 3.20. The maximum absolute atomic E-state index is 11.8. The molecule has 0 spiro atoms. The second-order valence-corrected chi connectivity index (χ2v) is 5.02. The lowest BCUT2D eigenvalue weighted by atomic mass is 10.00. The summed E-state index contributed by atoms with van der Waals surface area (Å²) >= 11 is 0. The zero-order chi connectivity index (χ0) is 13.5. The lowest BCUT2D eigenvalue weighted by Gasteiger charge is -2.17. The summed E-state index contributed by atoms with van der Waals surface area (Å²) < 4.78 is 0. The number of carbonyl (C=O) groups is 1. The molecule has 0 saturated carbocycles. The zero-order valence-electron chi connectivity index (χ0n) is 11.4. The SMILES string of the molecule is CCC(C)CC(C)NC(=O)Cc1ccccc1O. The summed E-state index contributed by atoms with van der Waals surface area (Å²) in [6, 6.07) is 7.13. The molecule has 3 heteroatoms. The molecule has 18 heavy (non-hydrogen) atoms. The Morgan fingerprint density at radius 1 is 1.33 bits per heavy atom. The van der Waals surface area contributed by atoms with Crippen LogP contribution in [0.3, 0.4) is 0 Å². The summed E-state index contributed by atoms with van der Waals surface area (Å²) in [5, 5.41) is 12.6. The molecule has 0 heterocycles. The van der Waals surface area contributed by atoms with Crippen LogP contribution in [0, 0.1) is 5.92 Å². The number of phenolic OH excluding ortho intramolecular Hbond substituents is 1. The lowest BCUT2D eigenvalue weighted by molar-refractivity contribution is -0.121. The van der Waals surface area contributed by atoms with Crippen molar-refractivity contribution in [2.24, 2.45) is 5.92 Å². The van der Waals surface area contributed by atoms with E-state index in [1.54, 1.807) is 18.2 Å². The zero-order valence-corrected chi connectivity index (χ0v) is 11.4. The molecule has 1 aromatic carbocycles. The average molecular weight is 249 g/mol. The van der Waals surface area contributed by atoms with Crippen molar-refractivity contribution < 1.29 is 9.90 Å². The minimum Gasteiger partial charge on any atom is -0.508 e. The van der Waals surface area contributed by atoms with Gasteiger partial charge in [-0.25, -0.2) is 0 Å². The van der Waals surface area contributed by atoms with Crippen molar-refractivity contribution in [3.63, 3.8) is 0 Å². The van der Waals surface area contributed by atoms with Gasteiger partial charge in [-0.2, -0.15) is 0 Å². The van der Waals surface area contributed by atoms with Crippen LogP contribution in [0.5, 0.6) is 5.75 Å². The first-order valence-electron chi connectivity index (χ1n) is 6.59. The maximum atomic E-state index is 11.8. The van der Waals surface area contributed by atoms with Crippen molar-refractivity contribution in [2.45, 2.75) is 46.1 Å². The Labute approximate surface area is 109 Å². The number of phenols is 1. The number of nitrogens with one attached hydrogen (secondary N) is 1. The number of hydrogen-bond acceptors (Lipinski definition) is 2. The molecule has 0 saturated heterocycles. The summed E-state index contributed by atoms with van der Waals surface area (Å²) in [6.07, 6.45) is 2.35. The first-order valence-corrected chi connectivity index (χ1v) is 6.59. The van der Waals surface area contributed by atoms with Gasteiger partial charge in [0.25, 0.3) is 0 Å². The number of rotatable bonds is 6. The van der Waals surface area contributed by atoms with E-state index in [0.29, 0.717) is 11.5 Å². The summed E-state index contributed by atoms with van der Waals surface area (Å²) in [5.41, 5.74) is 0.672. The monoisotopic (exact) mass is 249 g/mol. The first kappa shape index (κ1) is 14.6. The van der Waals surface area contributed by atoms with Crippen LogP contribution in [0.4, 0.5) is 0 Å². The Morgan fingerprint density at radius 2 is 2.00 bits per heavy atom. The standard InChI is InChI=1S/C15H23NO2/c1-4-11(2)9-12(3)16-15(18)10-13-7-5-6-8-14(13)17/h5-8,11-12,17H,4,9-10H2,1-3H3,(H,16,18). The van der Waals surface area contributed by atoms with Crippen LogP contribution in [0.1, 0.15) is 39.2 Å². The molecular formula is C15H23NO2. The third-order valence-corrected chi connectivity index (χ3v) is 3.20. The lowest BCUT2D eigenvalue weighted by Crippen LogP contribution is -2.34. The fourth-order valence-electron chi connectivity index (χ4n) is 1.99. The summed E-state index contributed by atoms with van der Waals surface area (Å²) in [7, 11) is 0. The Balaban J connectivity index is 2.45. The number of hydrogen-bond donors (Lipinski definition) is 2. The predicted molar refractivity (Wildman–Crippen MR) is 73.5 cm³/mol. The van der Waals surface area contributed by atoms with Crippen LogP contribution >= 0.6 is 0 Å². The molecule has 2 unspecified atom stereocenters. The van der Waals surface area contributed by atoms with E-state index in [9.17, 15) is 9.90 Å². The molecule has 0 aliphatic carbocycles. The molecule has 100 valence electrons. The summed E-state index contributed by atoms with van der Waals surface area (Å²) in [4.78, 5) is 11.8. The number of aromatic hydroxyl groups is 1. The van der Waals surface area contributed by atoms with E-state index in [0.717, 1.165) is 12.8 Å². The van der Waals surface area contributed by atoms with Crippen molar-refractivity contribution in [3.8, 4) is 5.75 Å². The number of benzene rings is 1. The molecule has 1 amide bonds. The molecule has 1 rings (SSSR count). The van der Waals surface area contributed by atoms with Gasteiger partial charge < -0.3 is 10.4 Å². The van der Waals surface area contributed by atoms with E-state index in [2.05, 4.69) is 19.2 Å². The largest absolute Gasteiger partial charge is 0.508 e. The summed E-state index contributed by atoms with van der Waals surface area (Å²) in [6.45, 7) is 6.36. The van der Waals surface area contributed by atoms with Crippen molar-refractivity contribution >= 4 is 5.91 Å². The van der Waals surface area contributed by atoms with Crippen LogP contribution in [-0.2, 0) is 11.2 Å². The molecule has 0 aliphatic rings. The Kier molecular flexibility index (Phi) is 5.69. The van der Waals surface area contributed by atoms with E-state index < -0.39 is 0 Å². The van der Waals surface area contributed by atoms with Gasteiger partial charge in [-0.15, -0.1) is 0 Å². The van der Waals surface area contributed by atoms with E-state index in [1.807, 2.05) is 13.0 Å². The molecule has 0 radical (unpaired) electrons. The topological polar surface area (TPSA) is 49.3 Å². The van der Waals surface area contributed by atoms with E-state index >= 15 is 0 Å². The van der Waals surface area contributed by atoms with Crippen LogP contribution in [0.2, 0.25) is 0 Å².